The van der Waals surface area contributed by atoms with Crippen LogP contribution in [0.1, 0.15) is 31.2 Å². The lowest BCUT2D eigenvalue weighted by Gasteiger charge is -2.30. The molecule has 1 fully saturated rings. The van der Waals surface area contributed by atoms with E-state index in [4.69, 9.17) is 0 Å². The van der Waals surface area contributed by atoms with Crippen molar-refractivity contribution >= 4 is 5.78 Å². The van der Waals surface area contributed by atoms with Gasteiger partial charge in [-0.25, -0.2) is 0 Å². The third kappa shape index (κ3) is 1.78. The Bertz CT molecular complexity index is 404. The number of ketones is 1. The summed E-state index contributed by atoms with van der Waals surface area (Å²) in [4.78, 5) is 11.5. The summed E-state index contributed by atoms with van der Waals surface area (Å²) in [7, 11) is 0. The molecule has 0 aliphatic heterocycles. The number of benzene rings is 1. The zero-order valence-electron chi connectivity index (χ0n) is 8.57. The smallest absolute Gasteiger partial charge is 0.134 e. The van der Waals surface area contributed by atoms with Crippen molar-refractivity contribution < 1.29 is 4.79 Å². The van der Waals surface area contributed by atoms with Crippen molar-refractivity contribution in [3.8, 4) is 6.07 Å². The van der Waals surface area contributed by atoms with E-state index in [1.807, 2.05) is 30.3 Å². The van der Waals surface area contributed by atoms with Gasteiger partial charge in [-0.1, -0.05) is 30.3 Å². The highest BCUT2D eigenvalue weighted by atomic mass is 16.1. The molecule has 0 amide bonds. The van der Waals surface area contributed by atoms with E-state index in [-0.39, 0.29) is 5.78 Å². The minimum atomic E-state index is -0.559. The van der Waals surface area contributed by atoms with Crippen molar-refractivity contribution in [2.45, 2.75) is 31.1 Å². The minimum Gasteiger partial charge on any atom is -0.300 e. The number of nitrogens with zero attached hydrogens (tertiary/aromatic N) is 1. The maximum absolute atomic E-state index is 11.5. The Labute approximate surface area is 89.5 Å². The van der Waals surface area contributed by atoms with Gasteiger partial charge >= 0.3 is 0 Å². The van der Waals surface area contributed by atoms with Crippen molar-refractivity contribution in [3.63, 3.8) is 0 Å². The Morgan fingerprint density at radius 2 is 2.00 bits per heavy atom. The van der Waals surface area contributed by atoms with Crippen molar-refractivity contribution in [1.82, 2.24) is 0 Å². The predicted molar refractivity (Wildman–Crippen MR) is 57.2 cm³/mol. The molecule has 1 aliphatic rings. The van der Waals surface area contributed by atoms with Crippen LogP contribution in [0.5, 0.6) is 0 Å². The highest BCUT2D eigenvalue weighted by Gasteiger charge is 2.37. The van der Waals surface area contributed by atoms with Crippen LogP contribution < -0.4 is 0 Å². The van der Waals surface area contributed by atoms with E-state index in [2.05, 4.69) is 6.07 Å². The summed E-state index contributed by atoms with van der Waals surface area (Å²) in [6.07, 6.45) is 2.66. The van der Waals surface area contributed by atoms with E-state index in [0.29, 0.717) is 12.8 Å². The summed E-state index contributed by atoms with van der Waals surface area (Å²) in [5, 5.41) is 9.31. The van der Waals surface area contributed by atoms with Gasteiger partial charge in [0, 0.05) is 12.8 Å². The Morgan fingerprint density at radius 1 is 1.27 bits per heavy atom. The SMILES string of the molecule is N#C[C@@]1(c2ccccc2)CCCC(=O)C1. The molecule has 2 rings (SSSR count). The summed E-state index contributed by atoms with van der Waals surface area (Å²) in [5.41, 5.74) is 0.428. The molecule has 0 bridgehead atoms. The maximum atomic E-state index is 11.5. The van der Waals surface area contributed by atoms with Gasteiger partial charge in [0.25, 0.3) is 0 Å². The molecule has 1 aromatic rings. The summed E-state index contributed by atoms with van der Waals surface area (Å²) >= 11 is 0. The van der Waals surface area contributed by atoms with Crippen LogP contribution in [-0.4, -0.2) is 5.78 Å². The van der Waals surface area contributed by atoms with Gasteiger partial charge in [0.2, 0.25) is 0 Å². The van der Waals surface area contributed by atoms with E-state index in [0.717, 1.165) is 18.4 Å². The first-order chi connectivity index (χ1) is 7.27. The van der Waals surface area contributed by atoms with E-state index >= 15 is 0 Å². The van der Waals surface area contributed by atoms with Crippen LogP contribution in [0.4, 0.5) is 0 Å². The normalized spacial score (nSPS) is 25.9. The lowest BCUT2D eigenvalue weighted by Crippen LogP contribution is -2.31. The quantitative estimate of drug-likeness (QED) is 0.697. The fourth-order valence-corrected chi connectivity index (χ4v) is 2.26. The Hall–Kier alpha value is -1.62. The first-order valence-corrected chi connectivity index (χ1v) is 5.25. The summed E-state index contributed by atoms with van der Waals surface area (Å²) < 4.78 is 0. The lowest BCUT2D eigenvalue weighted by atomic mass is 9.70. The van der Waals surface area contributed by atoms with Gasteiger partial charge in [0.15, 0.2) is 0 Å². The van der Waals surface area contributed by atoms with Crippen molar-refractivity contribution in [1.29, 1.82) is 5.26 Å². The largest absolute Gasteiger partial charge is 0.300 e. The van der Waals surface area contributed by atoms with Gasteiger partial charge in [-0.15, -0.1) is 0 Å². The molecule has 0 aromatic heterocycles. The van der Waals surface area contributed by atoms with Crippen LogP contribution >= 0.6 is 0 Å². The number of hydrogen-bond acceptors (Lipinski definition) is 2. The Balaban J connectivity index is 2.38. The third-order valence-electron chi connectivity index (χ3n) is 3.10. The standard InChI is InChI=1S/C13H13NO/c14-10-13(8-4-7-12(15)9-13)11-5-2-1-3-6-11/h1-3,5-6H,4,7-9H2/t13-/m1/s1. The number of hydrogen-bond donors (Lipinski definition) is 0. The van der Waals surface area contributed by atoms with E-state index in [1.54, 1.807) is 0 Å². The second kappa shape index (κ2) is 3.86. The molecule has 2 heteroatoms. The molecule has 0 heterocycles. The van der Waals surface area contributed by atoms with Crippen LogP contribution in [0.3, 0.4) is 0 Å². The molecule has 1 aliphatic carbocycles. The van der Waals surface area contributed by atoms with Crippen LogP contribution in [0.2, 0.25) is 0 Å². The average molecular weight is 199 g/mol. The van der Waals surface area contributed by atoms with E-state index in [9.17, 15) is 10.1 Å². The zero-order valence-corrected chi connectivity index (χ0v) is 8.57. The van der Waals surface area contributed by atoms with Gasteiger partial charge in [-0.05, 0) is 18.4 Å². The summed E-state index contributed by atoms with van der Waals surface area (Å²) in [6, 6.07) is 12.0. The fourth-order valence-electron chi connectivity index (χ4n) is 2.26. The second-order valence-corrected chi connectivity index (χ2v) is 4.13. The van der Waals surface area contributed by atoms with E-state index < -0.39 is 5.41 Å². The molecule has 76 valence electrons. The molecule has 1 aromatic carbocycles. The molecular weight excluding hydrogens is 186 g/mol. The topological polar surface area (TPSA) is 40.9 Å². The third-order valence-corrected chi connectivity index (χ3v) is 3.10. The fraction of sp³-hybridized carbons (Fsp3) is 0.385. The number of carbonyl (C=O) groups excluding carboxylic acids is 1. The highest BCUT2D eigenvalue weighted by molar-refractivity contribution is 5.81. The lowest BCUT2D eigenvalue weighted by molar-refractivity contribution is -0.121. The molecule has 0 N–H and O–H groups in total. The van der Waals surface area contributed by atoms with Gasteiger partial charge < -0.3 is 0 Å². The first-order valence-electron chi connectivity index (χ1n) is 5.25. The van der Waals surface area contributed by atoms with Gasteiger partial charge in [0.05, 0.1) is 11.5 Å². The van der Waals surface area contributed by atoms with Crippen molar-refractivity contribution in [2.24, 2.45) is 0 Å². The molecular formula is C13H13NO. The average Bonchev–Trinajstić information content (AvgIpc) is 2.30. The highest BCUT2D eigenvalue weighted by Crippen LogP contribution is 2.37. The molecule has 0 radical (unpaired) electrons. The number of Topliss-reactive ketones (excluding diaryl/α,β-unsaturated/α-hetero) is 1. The van der Waals surface area contributed by atoms with Crippen molar-refractivity contribution in [3.05, 3.63) is 35.9 Å². The van der Waals surface area contributed by atoms with Crippen LogP contribution in [-0.2, 0) is 10.2 Å². The van der Waals surface area contributed by atoms with Gasteiger partial charge in [0.1, 0.15) is 5.78 Å². The second-order valence-electron chi connectivity index (χ2n) is 4.13. The van der Waals surface area contributed by atoms with Crippen LogP contribution in [0.25, 0.3) is 0 Å². The Kier molecular flexibility index (Phi) is 2.55. The minimum absolute atomic E-state index is 0.214. The first kappa shape index (κ1) is 9.92. The summed E-state index contributed by atoms with van der Waals surface area (Å²) in [5.74, 6) is 0.214. The Morgan fingerprint density at radius 3 is 2.60 bits per heavy atom. The molecule has 15 heavy (non-hydrogen) atoms. The maximum Gasteiger partial charge on any atom is 0.134 e. The van der Waals surface area contributed by atoms with Gasteiger partial charge in [-0.2, -0.15) is 5.26 Å². The van der Waals surface area contributed by atoms with E-state index in [1.165, 1.54) is 0 Å². The molecule has 0 saturated heterocycles. The molecule has 1 saturated carbocycles. The number of rotatable bonds is 1. The van der Waals surface area contributed by atoms with Crippen LogP contribution in [0.15, 0.2) is 30.3 Å². The van der Waals surface area contributed by atoms with Crippen LogP contribution in [0, 0.1) is 11.3 Å². The molecule has 0 unspecified atom stereocenters. The summed E-state index contributed by atoms with van der Waals surface area (Å²) in [6.45, 7) is 0. The van der Waals surface area contributed by atoms with Gasteiger partial charge in [-0.3, -0.25) is 4.79 Å². The number of carbonyl (C=O) groups is 1. The zero-order chi connectivity index (χ0) is 10.7. The molecule has 2 nitrogen and oxygen atoms in total. The molecule has 0 spiro atoms. The number of nitriles is 1. The van der Waals surface area contributed by atoms with Crippen molar-refractivity contribution in [2.75, 3.05) is 0 Å². The predicted octanol–water partition coefficient (Wildman–Crippen LogP) is 2.59. The monoisotopic (exact) mass is 199 g/mol. The molecule has 1 atom stereocenters.